The number of benzene rings is 1. The Morgan fingerprint density at radius 1 is 1.37 bits per heavy atom. The number of thioether (sulfide) groups is 2. The highest BCUT2D eigenvalue weighted by Gasteiger charge is 2.48. The third-order valence-corrected chi connectivity index (χ3v) is 5.97. The van der Waals surface area contributed by atoms with Gasteiger partial charge >= 0.3 is 0 Å². The molecule has 1 heterocycles. The molecule has 3 rings (SSSR count). The van der Waals surface area contributed by atoms with Gasteiger partial charge in [0.1, 0.15) is 5.82 Å². The number of allylic oxidation sites excluding steroid dienone is 2. The van der Waals surface area contributed by atoms with E-state index < -0.39 is 0 Å². The Bertz CT molecular complexity index is 595. The van der Waals surface area contributed by atoms with Crippen molar-refractivity contribution in [3.05, 3.63) is 56.9 Å². The third kappa shape index (κ3) is 2.41. The molecule has 0 aromatic heterocycles. The summed E-state index contributed by atoms with van der Waals surface area (Å²) in [4.78, 5) is 1.35. The number of halogens is 1. The molecule has 3 heteroatoms. The predicted octanol–water partition coefficient (Wildman–Crippen LogP) is 5.54. The van der Waals surface area contributed by atoms with Crippen molar-refractivity contribution in [2.24, 2.45) is 5.41 Å². The van der Waals surface area contributed by atoms with Gasteiger partial charge < -0.3 is 0 Å². The van der Waals surface area contributed by atoms with Crippen LogP contribution in [0.15, 0.2) is 40.0 Å². The second-order valence-corrected chi connectivity index (χ2v) is 7.10. The van der Waals surface area contributed by atoms with Crippen LogP contribution in [0, 0.1) is 11.2 Å². The van der Waals surface area contributed by atoms with Crippen molar-refractivity contribution >= 4 is 35.7 Å². The van der Waals surface area contributed by atoms with Gasteiger partial charge in [-0.3, -0.25) is 0 Å². The molecule has 1 spiro atoms. The van der Waals surface area contributed by atoms with E-state index in [4.69, 9.17) is 0 Å². The van der Waals surface area contributed by atoms with E-state index in [1.54, 1.807) is 30.0 Å². The lowest BCUT2D eigenvalue weighted by Gasteiger charge is -2.08. The van der Waals surface area contributed by atoms with Crippen LogP contribution in [0.3, 0.4) is 0 Å². The molecule has 0 bridgehead atoms. The van der Waals surface area contributed by atoms with Gasteiger partial charge in [0.25, 0.3) is 0 Å². The van der Waals surface area contributed by atoms with Gasteiger partial charge in [0, 0.05) is 14.6 Å². The normalized spacial score (nSPS) is 21.8. The summed E-state index contributed by atoms with van der Waals surface area (Å²) >= 11 is 3.62. The summed E-state index contributed by atoms with van der Waals surface area (Å²) in [5.41, 5.74) is 2.18. The summed E-state index contributed by atoms with van der Waals surface area (Å²) in [5, 5.41) is 0. The molecule has 0 unspecified atom stereocenters. The van der Waals surface area contributed by atoms with Crippen LogP contribution in [0.4, 0.5) is 4.39 Å². The zero-order valence-corrected chi connectivity index (χ0v) is 12.4. The molecular weight excluding hydrogens is 275 g/mol. The van der Waals surface area contributed by atoms with Gasteiger partial charge in [-0.15, -0.1) is 11.8 Å². The van der Waals surface area contributed by atoms with Crippen molar-refractivity contribution in [2.45, 2.75) is 12.8 Å². The lowest BCUT2D eigenvalue weighted by Crippen LogP contribution is -1.93. The first-order chi connectivity index (χ1) is 9.16. The van der Waals surface area contributed by atoms with Gasteiger partial charge in [-0.2, -0.15) is 0 Å². The largest absolute Gasteiger partial charge is 0.207 e. The van der Waals surface area contributed by atoms with Crippen LogP contribution in [-0.4, -0.2) is 6.26 Å². The molecule has 98 valence electrons. The fraction of sp³-hybridized carbons (Fsp3) is 0.250. The van der Waals surface area contributed by atoms with Crippen LogP contribution in [0.5, 0.6) is 0 Å². The van der Waals surface area contributed by atoms with Crippen LogP contribution in [-0.2, 0) is 0 Å². The van der Waals surface area contributed by atoms with E-state index in [2.05, 4.69) is 25.0 Å². The van der Waals surface area contributed by atoms with Crippen LogP contribution >= 0.6 is 23.5 Å². The second kappa shape index (κ2) is 4.88. The molecule has 2 aliphatic rings. The van der Waals surface area contributed by atoms with Crippen LogP contribution in [0.1, 0.15) is 24.0 Å². The quantitative estimate of drug-likeness (QED) is 0.716. The third-order valence-electron chi connectivity index (χ3n) is 3.64. The lowest BCUT2D eigenvalue weighted by molar-refractivity contribution is 0.627. The molecule has 0 nitrogen and oxygen atoms in total. The molecular formula is C16H15FS2. The standard InChI is InChI=1S/C16H15FS2/c1-3-11-4-5-13(17)8-12(11)9-14-16(6-7-16)10-15(18-2)19-14/h3-5,8-10H,1,6-7H2,2H3/b14-9-. The van der Waals surface area contributed by atoms with Crippen LogP contribution in [0.25, 0.3) is 12.2 Å². The summed E-state index contributed by atoms with van der Waals surface area (Å²) in [6.45, 7) is 3.80. The fourth-order valence-electron chi connectivity index (χ4n) is 2.33. The molecule has 1 saturated carbocycles. The Labute approximate surface area is 121 Å². The number of hydrogen-bond donors (Lipinski definition) is 0. The molecule has 0 atom stereocenters. The highest BCUT2D eigenvalue weighted by atomic mass is 32.2. The van der Waals surface area contributed by atoms with Crippen molar-refractivity contribution in [1.29, 1.82) is 0 Å². The molecule has 0 radical (unpaired) electrons. The predicted molar refractivity (Wildman–Crippen MR) is 85.3 cm³/mol. The Kier molecular flexibility index (Phi) is 3.35. The van der Waals surface area contributed by atoms with Crippen molar-refractivity contribution in [1.82, 2.24) is 0 Å². The maximum atomic E-state index is 13.4. The van der Waals surface area contributed by atoms with E-state index in [1.165, 1.54) is 28.1 Å². The van der Waals surface area contributed by atoms with Crippen molar-refractivity contribution in [3.8, 4) is 0 Å². The Balaban J connectivity index is 1.99. The van der Waals surface area contributed by atoms with Gasteiger partial charge in [0.2, 0.25) is 0 Å². The van der Waals surface area contributed by atoms with E-state index in [9.17, 15) is 4.39 Å². The van der Waals surface area contributed by atoms with E-state index in [1.807, 2.05) is 11.8 Å². The van der Waals surface area contributed by atoms with Gasteiger partial charge in [-0.25, -0.2) is 4.39 Å². The van der Waals surface area contributed by atoms with Gasteiger partial charge in [0.15, 0.2) is 0 Å². The van der Waals surface area contributed by atoms with Crippen LogP contribution < -0.4 is 0 Å². The molecule has 0 amide bonds. The average Bonchev–Trinajstić information content (AvgIpc) is 3.09. The van der Waals surface area contributed by atoms with Crippen molar-refractivity contribution in [3.63, 3.8) is 0 Å². The van der Waals surface area contributed by atoms with Gasteiger partial charge in [0.05, 0.1) is 0 Å². The fourth-order valence-corrected chi connectivity index (χ4v) is 4.43. The Hall–Kier alpha value is -0.930. The molecule has 1 fully saturated rings. The summed E-state index contributed by atoms with van der Waals surface area (Å²) in [6, 6.07) is 4.87. The molecule has 1 aliphatic carbocycles. The minimum atomic E-state index is -0.191. The van der Waals surface area contributed by atoms with Crippen LogP contribution in [0.2, 0.25) is 0 Å². The Morgan fingerprint density at radius 2 is 2.16 bits per heavy atom. The number of rotatable bonds is 3. The first-order valence-electron chi connectivity index (χ1n) is 6.26. The smallest absolute Gasteiger partial charge is 0.123 e. The van der Waals surface area contributed by atoms with E-state index in [-0.39, 0.29) is 11.2 Å². The topological polar surface area (TPSA) is 0 Å². The SMILES string of the molecule is C=Cc1ccc(F)cc1/C=C1\SC(SC)=CC12CC2. The minimum absolute atomic E-state index is 0.191. The van der Waals surface area contributed by atoms with Crippen molar-refractivity contribution in [2.75, 3.05) is 6.26 Å². The first-order valence-corrected chi connectivity index (χ1v) is 8.30. The molecule has 1 aromatic carbocycles. The number of hydrogen-bond acceptors (Lipinski definition) is 2. The zero-order valence-electron chi connectivity index (χ0n) is 10.8. The first kappa shape index (κ1) is 13.1. The summed E-state index contributed by atoms with van der Waals surface area (Å²) < 4.78 is 14.8. The van der Waals surface area contributed by atoms with Gasteiger partial charge in [-0.1, -0.05) is 36.6 Å². The molecule has 0 N–H and O–H groups in total. The molecule has 0 saturated heterocycles. The minimum Gasteiger partial charge on any atom is -0.207 e. The highest BCUT2D eigenvalue weighted by Crippen LogP contribution is 2.65. The lowest BCUT2D eigenvalue weighted by atomic mass is 10.0. The van der Waals surface area contributed by atoms with E-state index in [0.717, 1.165) is 11.1 Å². The van der Waals surface area contributed by atoms with Gasteiger partial charge in [-0.05, 0) is 48.4 Å². The highest BCUT2D eigenvalue weighted by molar-refractivity contribution is 8.24. The Morgan fingerprint density at radius 3 is 2.79 bits per heavy atom. The average molecular weight is 290 g/mol. The summed E-state index contributed by atoms with van der Waals surface area (Å²) in [6.07, 6.45) is 10.8. The summed E-state index contributed by atoms with van der Waals surface area (Å²) in [5.74, 6) is -0.191. The van der Waals surface area contributed by atoms with E-state index >= 15 is 0 Å². The maximum Gasteiger partial charge on any atom is 0.123 e. The second-order valence-electron chi connectivity index (χ2n) is 4.91. The molecule has 1 aliphatic heterocycles. The zero-order chi connectivity index (χ0) is 13.5. The monoisotopic (exact) mass is 290 g/mol. The summed E-state index contributed by atoms with van der Waals surface area (Å²) in [7, 11) is 0. The van der Waals surface area contributed by atoms with E-state index in [0.29, 0.717) is 0 Å². The molecule has 1 aromatic rings. The maximum absolute atomic E-state index is 13.4. The molecule has 19 heavy (non-hydrogen) atoms. The van der Waals surface area contributed by atoms with Crippen molar-refractivity contribution < 1.29 is 4.39 Å².